The molecule has 0 unspecified atom stereocenters. The number of aromatic amines is 1. The molecule has 116 valence electrons. The number of hydrogen-bond acceptors (Lipinski definition) is 2. The van der Waals surface area contributed by atoms with Crippen LogP contribution in [0.5, 0.6) is 0 Å². The van der Waals surface area contributed by atoms with Crippen molar-refractivity contribution in [1.82, 2.24) is 9.88 Å². The van der Waals surface area contributed by atoms with Gasteiger partial charge in [-0.2, -0.15) is 0 Å². The zero-order valence-corrected chi connectivity index (χ0v) is 13.0. The Hall–Kier alpha value is -2.10. The molecule has 1 fully saturated rings. The second-order valence-electron chi connectivity index (χ2n) is 6.14. The minimum Gasteiger partial charge on any atom is -0.343 e. The first-order chi connectivity index (χ1) is 10.6. The molecule has 0 spiro atoms. The number of piperidine rings is 1. The number of amides is 1. The van der Waals surface area contributed by atoms with Crippen LogP contribution in [0.15, 0.2) is 29.1 Å². The summed E-state index contributed by atoms with van der Waals surface area (Å²) >= 11 is 0. The third kappa shape index (κ3) is 3.21. The Morgan fingerprint density at radius 3 is 2.73 bits per heavy atom. The van der Waals surface area contributed by atoms with Gasteiger partial charge in [-0.25, -0.2) is 0 Å². The van der Waals surface area contributed by atoms with Crippen LogP contribution in [-0.2, 0) is 11.2 Å². The van der Waals surface area contributed by atoms with Crippen molar-refractivity contribution in [2.45, 2.75) is 39.0 Å². The van der Waals surface area contributed by atoms with E-state index < -0.39 is 0 Å². The normalized spacial score (nSPS) is 15.2. The molecule has 1 aliphatic heterocycles. The maximum Gasteiger partial charge on any atom is 0.251 e. The maximum absolute atomic E-state index is 12.2. The number of nitrogens with one attached hydrogen (secondary N) is 1. The highest BCUT2D eigenvalue weighted by atomic mass is 16.2. The second-order valence-corrected chi connectivity index (χ2v) is 6.14. The second kappa shape index (κ2) is 6.34. The monoisotopic (exact) mass is 298 g/mol. The number of aromatic nitrogens is 1. The van der Waals surface area contributed by atoms with Crippen LogP contribution in [-0.4, -0.2) is 28.9 Å². The van der Waals surface area contributed by atoms with Gasteiger partial charge in [0.05, 0.1) is 0 Å². The molecule has 2 heterocycles. The lowest BCUT2D eigenvalue weighted by Gasteiger charge is -2.26. The third-order valence-corrected chi connectivity index (χ3v) is 4.43. The van der Waals surface area contributed by atoms with Gasteiger partial charge < -0.3 is 9.88 Å². The van der Waals surface area contributed by atoms with Crippen LogP contribution < -0.4 is 5.56 Å². The van der Waals surface area contributed by atoms with E-state index in [-0.39, 0.29) is 11.5 Å². The van der Waals surface area contributed by atoms with Crippen LogP contribution in [0, 0.1) is 6.92 Å². The lowest BCUT2D eigenvalue weighted by Crippen LogP contribution is -2.35. The summed E-state index contributed by atoms with van der Waals surface area (Å²) in [5, 5.41) is 1.03. The van der Waals surface area contributed by atoms with Crippen molar-refractivity contribution in [3.8, 4) is 0 Å². The number of pyridine rings is 1. The third-order valence-electron chi connectivity index (χ3n) is 4.43. The molecule has 4 heteroatoms. The molecule has 0 bridgehead atoms. The minimum atomic E-state index is -0.0412. The summed E-state index contributed by atoms with van der Waals surface area (Å²) in [5.41, 5.74) is 2.67. The molecule has 1 aromatic carbocycles. The van der Waals surface area contributed by atoms with Crippen LogP contribution in [0.4, 0.5) is 0 Å². The number of H-pyrrole nitrogens is 1. The topological polar surface area (TPSA) is 53.2 Å². The highest BCUT2D eigenvalue weighted by Crippen LogP contribution is 2.16. The zero-order chi connectivity index (χ0) is 15.5. The molecule has 0 saturated carbocycles. The Kier molecular flexibility index (Phi) is 4.27. The predicted molar refractivity (Wildman–Crippen MR) is 88.1 cm³/mol. The fourth-order valence-electron chi connectivity index (χ4n) is 3.07. The number of carbonyl (C=O) groups is 1. The molecule has 3 rings (SSSR count). The number of carbonyl (C=O) groups excluding carboxylic acids is 1. The lowest BCUT2D eigenvalue weighted by atomic mass is 10.0. The molecule has 0 radical (unpaired) electrons. The molecule has 1 amide bonds. The Balaban J connectivity index is 1.70. The number of rotatable bonds is 3. The summed E-state index contributed by atoms with van der Waals surface area (Å²) in [7, 11) is 0. The smallest absolute Gasteiger partial charge is 0.251 e. The molecule has 1 saturated heterocycles. The fourth-order valence-corrected chi connectivity index (χ4v) is 3.07. The van der Waals surface area contributed by atoms with Gasteiger partial charge in [-0.3, -0.25) is 9.59 Å². The number of likely N-dealkylation sites (tertiary alicyclic amines) is 1. The minimum absolute atomic E-state index is 0.0412. The largest absolute Gasteiger partial charge is 0.343 e. The highest BCUT2D eigenvalue weighted by Gasteiger charge is 2.16. The Bertz CT molecular complexity index is 742. The van der Waals surface area contributed by atoms with Gasteiger partial charge in [-0.1, -0.05) is 6.07 Å². The molecule has 4 nitrogen and oxygen atoms in total. The van der Waals surface area contributed by atoms with Gasteiger partial charge in [0.1, 0.15) is 0 Å². The van der Waals surface area contributed by atoms with Crippen LogP contribution in [0.25, 0.3) is 10.9 Å². The first-order valence-electron chi connectivity index (χ1n) is 8.04. The maximum atomic E-state index is 12.2. The molecule has 0 aliphatic carbocycles. The van der Waals surface area contributed by atoms with Crippen LogP contribution in [0.3, 0.4) is 0 Å². The van der Waals surface area contributed by atoms with E-state index in [1.807, 2.05) is 30.0 Å². The number of benzene rings is 1. The molecule has 1 aliphatic rings. The first kappa shape index (κ1) is 14.8. The van der Waals surface area contributed by atoms with Gasteiger partial charge >= 0.3 is 0 Å². The van der Waals surface area contributed by atoms with Crippen molar-refractivity contribution < 1.29 is 4.79 Å². The number of fused-ring (bicyclic) bond motifs is 1. The average molecular weight is 298 g/mol. The van der Waals surface area contributed by atoms with Gasteiger partial charge in [0.15, 0.2) is 0 Å². The van der Waals surface area contributed by atoms with Crippen LogP contribution in [0.1, 0.15) is 36.8 Å². The summed E-state index contributed by atoms with van der Waals surface area (Å²) in [6.45, 7) is 3.64. The summed E-state index contributed by atoms with van der Waals surface area (Å²) in [4.78, 5) is 28.7. The van der Waals surface area contributed by atoms with E-state index in [0.29, 0.717) is 12.0 Å². The summed E-state index contributed by atoms with van der Waals surface area (Å²) in [5.74, 6) is 0.262. The summed E-state index contributed by atoms with van der Waals surface area (Å²) in [6.07, 6.45) is 4.83. The first-order valence-corrected chi connectivity index (χ1v) is 8.04. The highest BCUT2D eigenvalue weighted by molar-refractivity contribution is 5.80. The van der Waals surface area contributed by atoms with E-state index in [1.165, 1.54) is 6.42 Å². The molecule has 0 atom stereocenters. The van der Waals surface area contributed by atoms with Crippen molar-refractivity contribution >= 4 is 16.8 Å². The van der Waals surface area contributed by atoms with Crippen molar-refractivity contribution in [1.29, 1.82) is 0 Å². The van der Waals surface area contributed by atoms with E-state index in [2.05, 4.69) is 11.1 Å². The summed E-state index contributed by atoms with van der Waals surface area (Å²) in [6, 6.07) is 7.90. The van der Waals surface area contributed by atoms with E-state index in [1.54, 1.807) is 0 Å². The van der Waals surface area contributed by atoms with E-state index >= 15 is 0 Å². The molecule has 22 heavy (non-hydrogen) atoms. The van der Waals surface area contributed by atoms with Gasteiger partial charge in [0, 0.05) is 30.6 Å². The Labute approximate surface area is 130 Å². The summed E-state index contributed by atoms with van der Waals surface area (Å²) < 4.78 is 0. The van der Waals surface area contributed by atoms with Gasteiger partial charge in [-0.15, -0.1) is 0 Å². The molecular formula is C18H22N2O2. The van der Waals surface area contributed by atoms with Gasteiger partial charge in [-0.05, 0) is 61.8 Å². The SMILES string of the molecule is Cc1cc2cc(CCC(=O)N3CCCCC3)ccc2[nH]c1=O. The standard InChI is InChI=1S/C18H22N2O2/c1-13-11-15-12-14(5-7-16(15)19-18(13)22)6-8-17(21)20-9-3-2-4-10-20/h5,7,11-12H,2-4,6,8-10H2,1H3,(H,19,22). The average Bonchev–Trinajstić information content (AvgIpc) is 2.54. The van der Waals surface area contributed by atoms with Gasteiger partial charge in [0.25, 0.3) is 5.56 Å². The van der Waals surface area contributed by atoms with Crippen molar-refractivity contribution in [3.05, 3.63) is 45.7 Å². The lowest BCUT2D eigenvalue weighted by molar-refractivity contribution is -0.132. The molecular weight excluding hydrogens is 276 g/mol. The Morgan fingerprint density at radius 2 is 1.95 bits per heavy atom. The number of nitrogens with zero attached hydrogens (tertiary/aromatic N) is 1. The van der Waals surface area contributed by atoms with Crippen molar-refractivity contribution in [2.24, 2.45) is 0 Å². The molecule has 2 aromatic rings. The predicted octanol–water partition coefficient (Wildman–Crippen LogP) is 2.78. The Morgan fingerprint density at radius 1 is 1.18 bits per heavy atom. The molecule has 1 aromatic heterocycles. The number of hydrogen-bond donors (Lipinski definition) is 1. The fraction of sp³-hybridized carbons (Fsp3) is 0.444. The zero-order valence-electron chi connectivity index (χ0n) is 13.0. The van der Waals surface area contributed by atoms with Crippen LogP contribution in [0.2, 0.25) is 0 Å². The van der Waals surface area contributed by atoms with Crippen molar-refractivity contribution in [2.75, 3.05) is 13.1 Å². The quantitative estimate of drug-likeness (QED) is 0.947. The van der Waals surface area contributed by atoms with Crippen molar-refractivity contribution in [3.63, 3.8) is 0 Å². The number of aryl methyl sites for hydroxylation is 2. The van der Waals surface area contributed by atoms with Crippen LogP contribution >= 0.6 is 0 Å². The van der Waals surface area contributed by atoms with E-state index in [4.69, 9.17) is 0 Å². The van der Waals surface area contributed by atoms with E-state index in [9.17, 15) is 9.59 Å². The van der Waals surface area contributed by atoms with E-state index in [0.717, 1.165) is 48.8 Å². The van der Waals surface area contributed by atoms with Gasteiger partial charge in [0.2, 0.25) is 5.91 Å². The molecule has 1 N–H and O–H groups in total.